The molecular formula is C18H18FNO7S. The van der Waals surface area contributed by atoms with Gasteiger partial charge >= 0.3 is 5.97 Å². The van der Waals surface area contributed by atoms with Crippen LogP contribution in [0.5, 0.6) is 5.75 Å². The summed E-state index contributed by atoms with van der Waals surface area (Å²) >= 11 is 0. The Morgan fingerprint density at radius 1 is 1.32 bits per heavy atom. The molecule has 1 saturated carbocycles. The first-order valence-corrected chi connectivity index (χ1v) is 10.4. The minimum atomic E-state index is -4.05. The number of carbonyl (C=O) groups excluding carboxylic acids is 2. The molecule has 1 heterocycles. The number of ether oxygens (including phenoxy) is 2. The molecule has 0 unspecified atom stereocenters. The van der Waals surface area contributed by atoms with E-state index in [9.17, 15) is 22.4 Å². The number of halogens is 1. The normalized spacial score (nSPS) is 14.0. The van der Waals surface area contributed by atoms with Gasteiger partial charge in [0.25, 0.3) is 0 Å². The van der Waals surface area contributed by atoms with Crippen molar-refractivity contribution in [2.75, 3.05) is 20.0 Å². The van der Waals surface area contributed by atoms with Gasteiger partial charge in [0.1, 0.15) is 11.2 Å². The Morgan fingerprint density at radius 2 is 2.00 bits per heavy atom. The summed E-state index contributed by atoms with van der Waals surface area (Å²) in [5, 5.41) is 3.48. The molecule has 0 aliphatic heterocycles. The van der Waals surface area contributed by atoms with Crippen LogP contribution in [0.15, 0.2) is 21.7 Å². The van der Waals surface area contributed by atoms with Crippen molar-refractivity contribution in [2.45, 2.75) is 30.6 Å². The van der Waals surface area contributed by atoms with Crippen LogP contribution < -0.4 is 4.74 Å². The van der Waals surface area contributed by atoms with Crippen molar-refractivity contribution in [1.82, 2.24) is 5.16 Å². The van der Waals surface area contributed by atoms with Gasteiger partial charge in [0, 0.05) is 11.8 Å². The zero-order chi connectivity index (χ0) is 20.6. The number of hydrogen-bond donors (Lipinski definition) is 0. The number of rotatable bonds is 7. The molecule has 1 fully saturated rings. The number of carbonyl (C=O) groups is 2. The third-order valence-corrected chi connectivity index (χ3v) is 5.47. The predicted molar refractivity (Wildman–Crippen MR) is 93.9 cm³/mol. The summed E-state index contributed by atoms with van der Waals surface area (Å²) in [6, 6.07) is 1.20. The molecule has 1 aromatic heterocycles. The van der Waals surface area contributed by atoms with E-state index in [1.807, 2.05) is 0 Å². The van der Waals surface area contributed by atoms with Gasteiger partial charge in [-0.1, -0.05) is 5.16 Å². The minimum Gasteiger partial charge on any atom is -0.492 e. The SMILES string of the molecule is CCOC(=O)c1nocc1C(=O)c1cc(C2CC2)c(F)c(OC)c1S(C)(=O)=O. The number of esters is 1. The Balaban J connectivity index is 2.24. The second kappa shape index (κ2) is 7.34. The summed E-state index contributed by atoms with van der Waals surface area (Å²) in [6.07, 6.45) is 3.20. The number of ketones is 1. The number of nitrogens with zero attached hydrogens (tertiary/aromatic N) is 1. The molecule has 1 aliphatic rings. The fourth-order valence-electron chi connectivity index (χ4n) is 2.94. The van der Waals surface area contributed by atoms with Crippen molar-refractivity contribution < 1.29 is 36.4 Å². The van der Waals surface area contributed by atoms with E-state index in [0.717, 1.165) is 19.6 Å². The molecule has 1 aliphatic carbocycles. The minimum absolute atomic E-state index is 0.0457. The number of aromatic nitrogens is 1. The van der Waals surface area contributed by atoms with Crippen molar-refractivity contribution in [3.63, 3.8) is 0 Å². The highest BCUT2D eigenvalue weighted by Gasteiger charge is 2.36. The van der Waals surface area contributed by atoms with Crippen LogP contribution in [0.25, 0.3) is 0 Å². The van der Waals surface area contributed by atoms with Gasteiger partial charge in [-0.25, -0.2) is 17.6 Å². The zero-order valence-electron chi connectivity index (χ0n) is 15.4. The first-order valence-electron chi connectivity index (χ1n) is 8.47. The molecule has 0 spiro atoms. The third-order valence-electron chi connectivity index (χ3n) is 4.32. The second-order valence-electron chi connectivity index (χ2n) is 6.36. The van der Waals surface area contributed by atoms with Crippen molar-refractivity contribution in [2.24, 2.45) is 0 Å². The molecule has 0 N–H and O–H groups in total. The average Bonchev–Trinajstić information content (AvgIpc) is 3.35. The van der Waals surface area contributed by atoms with Gasteiger partial charge in [0.05, 0.1) is 19.3 Å². The van der Waals surface area contributed by atoms with Gasteiger partial charge < -0.3 is 14.0 Å². The van der Waals surface area contributed by atoms with E-state index in [1.54, 1.807) is 6.92 Å². The van der Waals surface area contributed by atoms with Crippen LogP contribution in [0.4, 0.5) is 4.39 Å². The Labute approximate surface area is 160 Å². The lowest BCUT2D eigenvalue weighted by Crippen LogP contribution is -2.16. The number of hydrogen-bond acceptors (Lipinski definition) is 8. The molecular weight excluding hydrogens is 393 g/mol. The van der Waals surface area contributed by atoms with E-state index in [2.05, 4.69) is 5.16 Å². The number of benzene rings is 1. The molecule has 0 saturated heterocycles. The lowest BCUT2D eigenvalue weighted by Gasteiger charge is -2.15. The molecule has 0 bridgehead atoms. The Morgan fingerprint density at radius 3 is 2.54 bits per heavy atom. The topological polar surface area (TPSA) is 113 Å². The Hall–Kier alpha value is -2.75. The summed E-state index contributed by atoms with van der Waals surface area (Å²) in [4.78, 5) is 24.6. The summed E-state index contributed by atoms with van der Waals surface area (Å²) in [7, 11) is -2.93. The second-order valence-corrected chi connectivity index (χ2v) is 8.32. The molecule has 150 valence electrons. The van der Waals surface area contributed by atoms with Crippen molar-refractivity contribution in [3.05, 3.63) is 40.5 Å². The van der Waals surface area contributed by atoms with Crippen LogP contribution in [0.1, 0.15) is 57.7 Å². The van der Waals surface area contributed by atoms with Gasteiger partial charge in [-0.05, 0) is 37.3 Å². The van der Waals surface area contributed by atoms with Crippen LogP contribution in [-0.2, 0) is 14.6 Å². The van der Waals surface area contributed by atoms with E-state index in [-0.39, 0.29) is 34.9 Å². The molecule has 2 aromatic rings. The number of sulfone groups is 1. The zero-order valence-corrected chi connectivity index (χ0v) is 16.3. The first-order chi connectivity index (χ1) is 13.2. The maximum absolute atomic E-state index is 14.8. The Bertz CT molecular complexity index is 1050. The standard InChI is InChI=1S/C18H18FNO7S/c1-4-26-18(22)14-12(8-27-20-14)15(21)11-7-10(9-5-6-9)13(19)16(25-2)17(11)28(3,23)24/h7-9H,4-6H2,1-3H3. The maximum Gasteiger partial charge on any atom is 0.361 e. The largest absolute Gasteiger partial charge is 0.492 e. The average molecular weight is 411 g/mol. The van der Waals surface area contributed by atoms with Crippen LogP contribution in [-0.4, -0.2) is 45.3 Å². The highest BCUT2D eigenvalue weighted by Crippen LogP contribution is 2.46. The van der Waals surface area contributed by atoms with E-state index in [1.165, 1.54) is 6.07 Å². The van der Waals surface area contributed by atoms with Gasteiger partial charge in [-0.2, -0.15) is 0 Å². The van der Waals surface area contributed by atoms with E-state index >= 15 is 0 Å². The lowest BCUT2D eigenvalue weighted by atomic mass is 9.98. The first kappa shape index (κ1) is 20.0. The van der Waals surface area contributed by atoms with Gasteiger partial charge in [-0.15, -0.1) is 0 Å². The van der Waals surface area contributed by atoms with Crippen molar-refractivity contribution >= 4 is 21.6 Å². The molecule has 1 aromatic carbocycles. The third kappa shape index (κ3) is 3.51. The molecule has 3 rings (SSSR count). The van der Waals surface area contributed by atoms with Gasteiger partial charge in [0.2, 0.25) is 5.69 Å². The van der Waals surface area contributed by atoms with E-state index < -0.39 is 38.1 Å². The summed E-state index contributed by atoms with van der Waals surface area (Å²) in [5.41, 5.74) is -0.778. The van der Waals surface area contributed by atoms with Crippen LogP contribution >= 0.6 is 0 Å². The lowest BCUT2D eigenvalue weighted by molar-refractivity contribution is 0.0512. The smallest absolute Gasteiger partial charge is 0.361 e. The van der Waals surface area contributed by atoms with Crippen LogP contribution in [0.3, 0.4) is 0 Å². The fraction of sp³-hybridized carbons (Fsp3) is 0.389. The monoisotopic (exact) mass is 411 g/mol. The molecule has 8 nitrogen and oxygen atoms in total. The molecule has 28 heavy (non-hydrogen) atoms. The Kier molecular flexibility index (Phi) is 5.24. The quantitative estimate of drug-likeness (QED) is 0.504. The van der Waals surface area contributed by atoms with Crippen molar-refractivity contribution in [3.8, 4) is 5.75 Å². The number of methoxy groups -OCH3 is 1. The summed E-state index contributed by atoms with van der Waals surface area (Å²) in [6.45, 7) is 1.62. The van der Waals surface area contributed by atoms with Gasteiger partial charge in [-0.3, -0.25) is 4.79 Å². The highest BCUT2D eigenvalue weighted by molar-refractivity contribution is 7.91. The summed E-state index contributed by atoms with van der Waals surface area (Å²) < 4.78 is 54.1. The van der Waals surface area contributed by atoms with E-state index in [4.69, 9.17) is 14.0 Å². The maximum atomic E-state index is 14.8. The van der Waals surface area contributed by atoms with Crippen molar-refractivity contribution in [1.29, 1.82) is 0 Å². The molecule has 0 atom stereocenters. The van der Waals surface area contributed by atoms with Gasteiger partial charge in [0.15, 0.2) is 27.2 Å². The summed E-state index contributed by atoms with van der Waals surface area (Å²) in [5.74, 6) is -3.20. The van der Waals surface area contributed by atoms with Crippen LogP contribution in [0.2, 0.25) is 0 Å². The van der Waals surface area contributed by atoms with Crippen LogP contribution in [0, 0.1) is 5.82 Å². The predicted octanol–water partition coefficient (Wildman–Crippen LogP) is 2.51. The molecule has 0 amide bonds. The highest BCUT2D eigenvalue weighted by atomic mass is 32.2. The van der Waals surface area contributed by atoms with E-state index in [0.29, 0.717) is 12.8 Å². The molecule has 0 radical (unpaired) electrons. The fourth-order valence-corrected chi connectivity index (χ4v) is 4.00. The molecule has 10 heteroatoms.